The van der Waals surface area contributed by atoms with Crippen LogP contribution in [-0.2, 0) is 0 Å². The average Bonchev–Trinajstić information content (AvgIpc) is 2.61. The maximum atomic E-state index is 12.7. The van der Waals surface area contributed by atoms with E-state index >= 15 is 0 Å². The molecule has 0 saturated heterocycles. The van der Waals surface area contributed by atoms with Crippen LogP contribution in [0.5, 0.6) is 0 Å². The molecule has 3 aromatic rings. The Balaban J connectivity index is 1.80. The van der Waals surface area contributed by atoms with Gasteiger partial charge in [-0.3, -0.25) is 4.79 Å². The number of para-hydroxylation sites is 1. The number of hydrogen-bond donors (Lipinski definition) is 2. The molecule has 0 bridgehead atoms. The van der Waals surface area contributed by atoms with Gasteiger partial charge in [0, 0.05) is 28.3 Å². The van der Waals surface area contributed by atoms with Gasteiger partial charge in [-0.15, -0.1) is 0 Å². The monoisotopic (exact) mass is 360 g/mol. The zero-order valence-electron chi connectivity index (χ0n) is 16.1. The third-order valence-corrected chi connectivity index (χ3v) is 4.19. The topological polar surface area (TPSA) is 66.9 Å². The first-order valence-electron chi connectivity index (χ1n) is 9.02. The molecule has 0 aliphatic rings. The molecular formula is C22H24N4O. The number of hydrogen-bond acceptors (Lipinski definition) is 4. The van der Waals surface area contributed by atoms with Gasteiger partial charge in [0.25, 0.3) is 5.91 Å². The third-order valence-electron chi connectivity index (χ3n) is 4.19. The van der Waals surface area contributed by atoms with Crippen molar-refractivity contribution >= 4 is 23.2 Å². The summed E-state index contributed by atoms with van der Waals surface area (Å²) in [6, 6.07) is 17.1. The molecule has 0 unspecified atom stereocenters. The van der Waals surface area contributed by atoms with Gasteiger partial charge in [0.15, 0.2) is 0 Å². The molecule has 0 fully saturated rings. The fourth-order valence-corrected chi connectivity index (χ4v) is 2.96. The summed E-state index contributed by atoms with van der Waals surface area (Å²) >= 11 is 0. The van der Waals surface area contributed by atoms with Crippen LogP contribution < -0.4 is 10.6 Å². The van der Waals surface area contributed by atoms with Gasteiger partial charge in [0.05, 0.1) is 0 Å². The fraction of sp³-hybridized carbons (Fsp3) is 0.227. The molecular weight excluding hydrogens is 336 g/mol. The summed E-state index contributed by atoms with van der Waals surface area (Å²) in [6.45, 7) is 8.07. The van der Waals surface area contributed by atoms with Crippen molar-refractivity contribution in [1.29, 1.82) is 0 Å². The van der Waals surface area contributed by atoms with Crippen molar-refractivity contribution in [3.8, 4) is 0 Å². The van der Waals surface area contributed by atoms with E-state index < -0.39 is 0 Å². The normalized spacial score (nSPS) is 10.7. The minimum atomic E-state index is -0.145. The number of aromatic nitrogens is 2. The second-order valence-electron chi connectivity index (χ2n) is 6.88. The van der Waals surface area contributed by atoms with Crippen LogP contribution in [0.25, 0.3) is 0 Å². The van der Waals surface area contributed by atoms with E-state index in [0.29, 0.717) is 17.4 Å². The predicted octanol–water partition coefficient (Wildman–Crippen LogP) is 5.21. The third kappa shape index (κ3) is 4.70. The van der Waals surface area contributed by atoms with Crippen LogP contribution in [-0.4, -0.2) is 15.9 Å². The van der Waals surface area contributed by atoms with Gasteiger partial charge < -0.3 is 10.6 Å². The Bertz CT molecular complexity index is 946. The van der Waals surface area contributed by atoms with E-state index in [1.165, 1.54) is 0 Å². The van der Waals surface area contributed by atoms with Gasteiger partial charge in [0.1, 0.15) is 0 Å². The van der Waals surface area contributed by atoms with Crippen molar-refractivity contribution in [2.75, 3.05) is 10.6 Å². The lowest BCUT2D eigenvalue weighted by molar-refractivity contribution is 0.102. The minimum Gasteiger partial charge on any atom is -0.324 e. The van der Waals surface area contributed by atoms with Crippen molar-refractivity contribution < 1.29 is 4.79 Å². The second kappa shape index (κ2) is 7.99. The number of rotatable bonds is 5. The molecule has 1 heterocycles. The van der Waals surface area contributed by atoms with E-state index in [0.717, 1.165) is 28.3 Å². The lowest BCUT2D eigenvalue weighted by atomic mass is 10.0. The van der Waals surface area contributed by atoms with E-state index in [1.807, 2.05) is 56.3 Å². The lowest BCUT2D eigenvalue weighted by Gasteiger charge is -2.14. The zero-order valence-corrected chi connectivity index (χ0v) is 16.1. The van der Waals surface area contributed by atoms with Crippen LogP contribution in [0.4, 0.5) is 17.3 Å². The highest BCUT2D eigenvalue weighted by Crippen LogP contribution is 2.24. The number of nitrogens with one attached hydrogen (secondary N) is 2. The van der Waals surface area contributed by atoms with Crippen molar-refractivity contribution in [2.24, 2.45) is 0 Å². The summed E-state index contributed by atoms with van der Waals surface area (Å²) in [5.41, 5.74) is 5.08. The highest BCUT2D eigenvalue weighted by Gasteiger charge is 2.11. The summed E-state index contributed by atoms with van der Waals surface area (Å²) in [5, 5.41) is 6.19. The van der Waals surface area contributed by atoms with Gasteiger partial charge in [-0.1, -0.05) is 38.1 Å². The molecule has 0 aliphatic heterocycles. The number of benzene rings is 2. The standard InChI is InChI=1S/C22H24N4O/c1-14(2)19-10-5-6-11-20(19)26-21(27)17-8-7-9-18(13-17)25-22-23-15(3)12-16(4)24-22/h5-14H,1-4H3,(H,26,27)(H,23,24,25). The van der Waals surface area contributed by atoms with Crippen LogP contribution in [0.1, 0.15) is 47.1 Å². The van der Waals surface area contributed by atoms with Crippen LogP contribution >= 0.6 is 0 Å². The van der Waals surface area contributed by atoms with Crippen LogP contribution in [0.3, 0.4) is 0 Å². The van der Waals surface area contributed by atoms with Crippen LogP contribution in [0, 0.1) is 13.8 Å². The Morgan fingerprint density at radius 3 is 2.33 bits per heavy atom. The summed E-state index contributed by atoms with van der Waals surface area (Å²) < 4.78 is 0. The molecule has 0 aliphatic carbocycles. The molecule has 2 N–H and O–H groups in total. The Labute approximate surface area is 159 Å². The molecule has 138 valence electrons. The van der Waals surface area contributed by atoms with Crippen molar-refractivity contribution in [3.63, 3.8) is 0 Å². The molecule has 1 aromatic heterocycles. The van der Waals surface area contributed by atoms with E-state index in [2.05, 4.69) is 34.4 Å². The molecule has 0 radical (unpaired) electrons. The summed E-state index contributed by atoms with van der Waals surface area (Å²) in [5.74, 6) is 0.708. The number of carbonyl (C=O) groups excluding carboxylic acids is 1. The van der Waals surface area contributed by atoms with Crippen molar-refractivity contribution in [3.05, 3.63) is 77.1 Å². The molecule has 5 nitrogen and oxygen atoms in total. The second-order valence-corrected chi connectivity index (χ2v) is 6.88. The van der Waals surface area contributed by atoms with E-state index in [1.54, 1.807) is 12.1 Å². The quantitative estimate of drug-likeness (QED) is 0.655. The van der Waals surface area contributed by atoms with Crippen LogP contribution in [0.15, 0.2) is 54.6 Å². The number of aryl methyl sites for hydroxylation is 2. The first kappa shape index (κ1) is 18.6. The number of nitrogens with zero attached hydrogens (tertiary/aromatic N) is 2. The number of anilines is 3. The Kier molecular flexibility index (Phi) is 5.50. The fourth-order valence-electron chi connectivity index (χ4n) is 2.96. The lowest BCUT2D eigenvalue weighted by Crippen LogP contribution is -2.14. The number of carbonyl (C=O) groups is 1. The van der Waals surface area contributed by atoms with E-state index in [9.17, 15) is 4.79 Å². The molecule has 0 spiro atoms. The molecule has 3 rings (SSSR count). The molecule has 2 aromatic carbocycles. The van der Waals surface area contributed by atoms with Crippen molar-refractivity contribution in [1.82, 2.24) is 9.97 Å². The van der Waals surface area contributed by atoms with Gasteiger partial charge in [-0.05, 0) is 55.7 Å². The summed E-state index contributed by atoms with van der Waals surface area (Å²) in [6.07, 6.45) is 0. The molecule has 0 saturated carbocycles. The van der Waals surface area contributed by atoms with Gasteiger partial charge >= 0.3 is 0 Å². The number of amides is 1. The van der Waals surface area contributed by atoms with Crippen molar-refractivity contribution in [2.45, 2.75) is 33.6 Å². The molecule has 27 heavy (non-hydrogen) atoms. The first-order chi connectivity index (χ1) is 12.9. The highest BCUT2D eigenvalue weighted by molar-refractivity contribution is 6.05. The Morgan fingerprint density at radius 1 is 0.926 bits per heavy atom. The summed E-state index contributed by atoms with van der Waals surface area (Å²) in [4.78, 5) is 21.5. The highest BCUT2D eigenvalue weighted by atomic mass is 16.1. The maximum absolute atomic E-state index is 12.7. The Morgan fingerprint density at radius 2 is 1.63 bits per heavy atom. The largest absolute Gasteiger partial charge is 0.324 e. The van der Waals surface area contributed by atoms with Crippen LogP contribution in [0.2, 0.25) is 0 Å². The smallest absolute Gasteiger partial charge is 0.255 e. The first-order valence-corrected chi connectivity index (χ1v) is 9.02. The summed E-state index contributed by atoms with van der Waals surface area (Å²) in [7, 11) is 0. The average molecular weight is 360 g/mol. The van der Waals surface area contributed by atoms with E-state index in [4.69, 9.17) is 0 Å². The zero-order chi connectivity index (χ0) is 19.4. The molecule has 5 heteroatoms. The maximum Gasteiger partial charge on any atom is 0.255 e. The van der Waals surface area contributed by atoms with Gasteiger partial charge in [0.2, 0.25) is 5.95 Å². The van der Waals surface area contributed by atoms with E-state index in [-0.39, 0.29) is 5.91 Å². The predicted molar refractivity (Wildman–Crippen MR) is 110 cm³/mol. The minimum absolute atomic E-state index is 0.145. The Hall–Kier alpha value is -3.21. The molecule has 1 amide bonds. The SMILES string of the molecule is Cc1cc(C)nc(Nc2cccc(C(=O)Nc3ccccc3C(C)C)c2)n1. The molecule has 0 atom stereocenters. The van der Waals surface area contributed by atoms with Gasteiger partial charge in [-0.25, -0.2) is 9.97 Å². The van der Waals surface area contributed by atoms with Gasteiger partial charge in [-0.2, -0.15) is 0 Å².